The lowest BCUT2D eigenvalue weighted by atomic mass is 10.1. The molecule has 0 fully saturated rings. The fourth-order valence-corrected chi connectivity index (χ4v) is 4.73. The van der Waals surface area contributed by atoms with Gasteiger partial charge in [-0.25, -0.2) is 0 Å². The molecule has 0 bridgehead atoms. The molecule has 6 nitrogen and oxygen atoms in total. The van der Waals surface area contributed by atoms with E-state index in [4.69, 9.17) is 9.47 Å². The van der Waals surface area contributed by atoms with Gasteiger partial charge in [0.25, 0.3) is 0 Å². The highest BCUT2D eigenvalue weighted by atomic mass is 32.2. The number of nitrogens with zero attached hydrogens (tertiary/aromatic N) is 3. The van der Waals surface area contributed by atoms with E-state index >= 15 is 0 Å². The average Bonchev–Trinajstić information content (AvgIpc) is 3.34. The molecule has 0 radical (unpaired) electrons. The highest BCUT2D eigenvalue weighted by Crippen LogP contribution is 2.34. The van der Waals surface area contributed by atoms with Gasteiger partial charge < -0.3 is 14.4 Å². The summed E-state index contributed by atoms with van der Waals surface area (Å²) in [6.07, 6.45) is 0. The van der Waals surface area contributed by atoms with Gasteiger partial charge in [-0.05, 0) is 24.6 Å². The Hall–Kier alpha value is -3.58. The molecule has 1 aromatic heterocycles. The van der Waals surface area contributed by atoms with E-state index < -0.39 is 0 Å². The van der Waals surface area contributed by atoms with Crippen LogP contribution in [0, 0.1) is 0 Å². The van der Waals surface area contributed by atoms with E-state index in [9.17, 15) is 4.79 Å². The van der Waals surface area contributed by atoms with Crippen molar-refractivity contribution in [3.05, 3.63) is 78.4 Å². The number of fused-ring (bicyclic) bond motifs is 2. The fourth-order valence-electron chi connectivity index (χ4n) is 3.85. The summed E-state index contributed by atoms with van der Waals surface area (Å²) in [6, 6.07) is 23.9. The molecule has 33 heavy (non-hydrogen) atoms. The van der Waals surface area contributed by atoms with Crippen molar-refractivity contribution in [1.29, 1.82) is 0 Å². The van der Waals surface area contributed by atoms with Crippen molar-refractivity contribution < 1.29 is 14.3 Å². The van der Waals surface area contributed by atoms with E-state index in [0.29, 0.717) is 18.8 Å². The van der Waals surface area contributed by atoms with Crippen molar-refractivity contribution in [3.8, 4) is 22.8 Å². The van der Waals surface area contributed by atoms with E-state index in [2.05, 4.69) is 16.3 Å². The molecule has 3 aromatic carbocycles. The lowest BCUT2D eigenvalue weighted by Gasteiger charge is -2.21. The van der Waals surface area contributed by atoms with Crippen LogP contribution in [0.3, 0.4) is 0 Å². The van der Waals surface area contributed by atoms with E-state index in [1.165, 1.54) is 11.8 Å². The molecule has 1 aliphatic heterocycles. The Kier molecular flexibility index (Phi) is 6.13. The van der Waals surface area contributed by atoms with Gasteiger partial charge in [-0.3, -0.25) is 4.79 Å². The second-order valence-electron chi connectivity index (χ2n) is 7.65. The number of thioether (sulfide) groups is 1. The van der Waals surface area contributed by atoms with Crippen molar-refractivity contribution in [3.63, 3.8) is 0 Å². The smallest absolute Gasteiger partial charge is 0.233 e. The molecule has 7 heteroatoms. The third kappa shape index (κ3) is 4.50. The van der Waals surface area contributed by atoms with Gasteiger partial charge in [0.2, 0.25) is 12.7 Å². The maximum Gasteiger partial charge on any atom is 0.233 e. The monoisotopic (exact) mass is 457 g/mol. The lowest BCUT2D eigenvalue weighted by Crippen LogP contribution is -2.31. The quantitative estimate of drug-likeness (QED) is 0.357. The van der Waals surface area contributed by atoms with Crippen LogP contribution in [0.15, 0.2) is 77.8 Å². The third-order valence-electron chi connectivity index (χ3n) is 5.58. The van der Waals surface area contributed by atoms with Gasteiger partial charge in [0.05, 0.1) is 5.75 Å². The number of amides is 1. The molecule has 4 aromatic rings. The van der Waals surface area contributed by atoms with Crippen molar-refractivity contribution in [2.75, 3.05) is 19.1 Å². The first-order chi connectivity index (χ1) is 16.2. The number of carbonyl (C=O) groups excluding carboxylic acids is 1. The molecule has 1 amide bonds. The van der Waals surface area contributed by atoms with E-state index in [0.717, 1.165) is 44.1 Å². The molecule has 0 saturated heterocycles. The summed E-state index contributed by atoms with van der Waals surface area (Å²) < 4.78 is 10.8. The van der Waals surface area contributed by atoms with Crippen LogP contribution < -0.4 is 9.47 Å². The molecule has 0 saturated carbocycles. The number of ether oxygens (including phenoxy) is 2. The number of hydrogen-bond acceptors (Lipinski definition) is 6. The Balaban J connectivity index is 1.32. The summed E-state index contributed by atoms with van der Waals surface area (Å²) >= 11 is 1.43. The van der Waals surface area contributed by atoms with Crippen LogP contribution >= 0.6 is 11.8 Å². The van der Waals surface area contributed by atoms with Gasteiger partial charge in [-0.1, -0.05) is 72.4 Å². The molecule has 0 spiro atoms. The molecule has 1 aliphatic rings. The molecule has 0 atom stereocenters. The first kappa shape index (κ1) is 21.3. The zero-order valence-corrected chi connectivity index (χ0v) is 19.0. The van der Waals surface area contributed by atoms with Crippen LogP contribution in [-0.2, 0) is 11.3 Å². The van der Waals surface area contributed by atoms with E-state index in [-0.39, 0.29) is 12.7 Å². The summed E-state index contributed by atoms with van der Waals surface area (Å²) in [5.74, 6) is 1.82. The van der Waals surface area contributed by atoms with Crippen LogP contribution in [-0.4, -0.2) is 40.1 Å². The molecule has 5 rings (SSSR count). The fraction of sp³-hybridized carbons (Fsp3) is 0.192. The summed E-state index contributed by atoms with van der Waals surface area (Å²) in [6.45, 7) is 3.36. The van der Waals surface area contributed by atoms with Crippen molar-refractivity contribution >= 4 is 28.4 Å². The van der Waals surface area contributed by atoms with Crippen molar-refractivity contribution in [2.45, 2.75) is 18.5 Å². The standard InChI is InChI=1S/C26H23N3O3S/c1-2-29(15-18-12-13-22-23(14-18)32-17-31-22)24(30)16-33-26-21-11-7-6-10-20(21)25(27-28-26)19-8-4-3-5-9-19/h3-14H,2,15-17H2,1H3. The zero-order valence-electron chi connectivity index (χ0n) is 18.2. The Bertz CT molecular complexity index is 1300. The lowest BCUT2D eigenvalue weighted by molar-refractivity contribution is -0.128. The van der Waals surface area contributed by atoms with Crippen molar-refractivity contribution in [2.24, 2.45) is 0 Å². The maximum atomic E-state index is 13.0. The van der Waals surface area contributed by atoms with Gasteiger partial charge in [-0.2, -0.15) is 0 Å². The third-order valence-corrected chi connectivity index (χ3v) is 6.54. The highest BCUT2D eigenvalue weighted by molar-refractivity contribution is 8.00. The van der Waals surface area contributed by atoms with Crippen molar-refractivity contribution in [1.82, 2.24) is 15.1 Å². The second-order valence-corrected chi connectivity index (χ2v) is 8.61. The van der Waals surface area contributed by atoms with E-state index in [1.54, 1.807) is 0 Å². The predicted molar refractivity (Wildman–Crippen MR) is 129 cm³/mol. The first-order valence-electron chi connectivity index (χ1n) is 10.8. The normalized spacial score (nSPS) is 12.2. The van der Waals surface area contributed by atoms with Crippen LogP contribution in [0.4, 0.5) is 0 Å². The summed E-state index contributed by atoms with van der Waals surface area (Å²) in [5, 5.41) is 11.8. The molecular formula is C26H23N3O3S. The van der Waals surface area contributed by atoms with Gasteiger partial charge in [-0.15, -0.1) is 10.2 Å². The Morgan fingerprint density at radius 1 is 0.939 bits per heavy atom. The minimum Gasteiger partial charge on any atom is -0.454 e. The SMILES string of the molecule is CCN(Cc1ccc2c(c1)OCO2)C(=O)CSc1nnc(-c2ccccc2)c2ccccc12. The molecule has 166 valence electrons. The largest absolute Gasteiger partial charge is 0.454 e. The van der Waals surface area contributed by atoms with Gasteiger partial charge in [0.1, 0.15) is 10.7 Å². The predicted octanol–water partition coefficient (Wildman–Crippen LogP) is 5.17. The van der Waals surface area contributed by atoms with Crippen LogP contribution in [0.5, 0.6) is 11.5 Å². The Labute approximate surface area is 196 Å². The minimum absolute atomic E-state index is 0.0539. The van der Waals surface area contributed by atoms with Gasteiger partial charge in [0.15, 0.2) is 11.5 Å². The number of aromatic nitrogens is 2. The van der Waals surface area contributed by atoms with Crippen LogP contribution in [0.25, 0.3) is 22.0 Å². The Morgan fingerprint density at radius 2 is 1.70 bits per heavy atom. The van der Waals surface area contributed by atoms with Gasteiger partial charge in [0, 0.05) is 29.4 Å². The molecular weight excluding hydrogens is 434 g/mol. The van der Waals surface area contributed by atoms with Gasteiger partial charge >= 0.3 is 0 Å². The summed E-state index contributed by atoms with van der Waals surface area (Å²) in [4.78, 5) is 14.8. The average molecular weight is 458 g/mol. The number of rotatable bonds is 7. The second kappa shape index (κ2) is 9.50. The Morgan fingerprint density at radius 3 is 2.52 bits per heavy atom. The zero-order chi connectivity index (χ0) is 22.6. The number of benzene rings is 3. The maximum absolute atomic E-state index is 13.0. The number of carbonyl (C=O) groups is 1. The van der Waals surface area contributed by atoms with Crippen LogP contribution in [0.1, 0.15) is 12.5 Å². The molecule has 0 aliphatic carbocycles. The highest BCUT2D eigenvalue weighted by Gasteiger charge is 2.18. The molecule has 0 unspecified atom stereocenters. The molecule has 2 heterocycles. The topological polar surface area (TPSA) is 64.6 Å². The van der Waals surface area contributed by atoms with E-state index in [1.807, 2.05) is 78.6 Å². The first-order valence-corrected chi connectivity index (χ1v) is 11.8. The van der Waals surface area contributed by atoms with Crippen LogP contribution in [0.2, 0.25) is 0 Å². The summed E-state index contributed by atoms with van der Waals surface area (Å²) in [7, 11) is 0. The number of hydrogen-bond donors (Lipinski definition) is 0. The summed E-state index contributed by atoms with van der Waals surface area (Å²) in [5.41, 5.74) is 2.88. The minimum atomic E-state index is 0.0539. The molecule has 0 N–H and O–H groups in total.